The van der Waals surface area contributed by atoms with E-state index in [1.165, 1.54) is 0 Å². The quantitative estimate of drug-likeness (QED) is 0.506. The van der Waals surface area contributed by atoms with Crippen LogP contribution in [0.15, 0.2) is 11.8 Å². The number of carbonyl (C=O) groups excluding carboxylic acids is 2. The van der Waals surface area contributed by atoms with Gasteiger partial charge in [0, 0.05) is 65.6 Å². The molecule has 3 rings (SSSR count). The van der Waals surface area contributed by atoms with E-state index in [1.807, 2.05) is 9.80 Å². The number of morpholine rings is 1. The molecule has 0 spiro atoms. The molecule has 182 valence electrons. The fourth-order valence-electron chi connectivity index (χ4n) is 4.94. The van der Waals surface area contributed by atoms with Crippen molar-refractivity contribution >= 4 is 11.8 Å². The van der Waals surface area contributed by atoms with Gasteiger partial charge in [0.05, 0.1) is 24.8 Å². The third-order valence-electron chi connectivity index (χ3n) is 6.59. The molecule has 3 heterocycles. The van der Waals surface area contributed by atoms with E-state index < -0.39 is 0 Å². The summed E-state index contributed by atoms with van der Waals surface area (Å²) in [6.45, 7) is 11.5. The van der Waals surface area contributed by atoms with Crippen LogP contribution in [0.3, 0.4) is 0 Å². The molecular formula is C24H42N4O4. The number of nitrogens with one attached hydrogen (secondary N) is 1. The molecule has 2 amide bonds. The maximum Gasteiger partial charge on any atom is 0.270 e. The van der Waals surface area contributed by atoms with Gasteiger partial charge in [-0.05, 0) is 31.6 Å². The van der Waals surface area contributed by atoms with Crippen LogP contribution < -0.4 is 5.32 Å². The van der Waals surface area contributed by atoms with Gasteiger partial charge in [-0.1, -0.05) is 19.9 Å². The topological polar surface area (TPSA) is 74.4 Å². The molecule has 0 aromatic carbocycles. The highest BCUT2D eigenvalue weighted by Crippen LogP contribution is 2.25. The van der Waals surface area contributed by atoms with Crippen molar-refractivity contribution in [3.63, 3.8) is 0 Å². The zero-order valence-corrected chi connectivity index (χ0v) is 20.2. The molecule has 2 atom stereocenters. The fraction of sp³-hybridized carbons (Fsp3) is 0.833. The first-order valence-corrected chi connectivity index (χ1v) is 12.3. The van der Waals surface area contributed by atoms with Gasteiger partial charge in [-0.25, -0.2) is 0 Å². The van der Waals surface area contributed by atoms with Crippen molar-refractivity contribution in [1.82, 2.24) is 20.0 Å². The number of piperidine rings is 1. The van der Waals surface area contributed by atoms with Gasteiger partial charge >= 0.3 is 0 Å². The predicted molar refractivity (Wildman–Crippen MR) is 124 cm³/mol. The Labute approximate surface area is 193 Å². The van der Waals surface area contributed by atoms with Crippen molar-refractivity contribution in [2.45, 2.75) is 45.6 Å². The first-order chi connectivity index (χ1) is 15.5. The average Bonchev–Trinajstić information content (AvgIpc) is 3.28. The molecular weight excluding hydrogens is 408 g/mol. The van der Waals surface area contributed by atoms with Crippen LogP contribution in [0.25, 0.3) is 0 Å². The molecule has 8 nitrogen and oxygen atoms in total. The largest absolute Gasteiger partial charge is 0.385 e. The molecule has 2 saturated heterocycles. The van der Waals surface area contributed by atoms with E-state index in [4.69, 9.17) is 9.47 Å². The molecule has 0 unspecified atom stereocenters. The van der Waals surface area contributed by atoms with E-state index in [9.17, 15) is 9.59 Å². The minimum Gasteiger partial charge on any atom is -0.385 e. The van der Waals surface area contributed by atoms with Gasteiger partial charge in [0.1, 0.15) is 0 Å². The van der Waals surface area contributed by atoms with Crippen molar-refractivity contribution in [2.75, 3.05) is 72.7 Å². The van der Waals surface area contributed by atoms with Crippen LogP contribution in [0.5, 0.6) is 0 Å². The summed E-state index contributed by atoms with van der Waals surface area (Å²) in [5.74, 6) is 0.597. The van der Waals surface area contributed by atoms with Crippen LogP contribution in [-0.4, -0.2) is 105 Å². The molecule has 3 aliphatic heterocycles. The fourth-order valence-corrected chi connectivity index (χ4v) is 4.94. The van der Waals surface area contributed by atoms with E-state index in [2.05, 4.69) is 30.1 Å². The molecule has 0 saturated carbocycles. The number of unbranched alkanes of at least 4 members (excludes halogenated alkanes) is 1. The lowest BCUT2D eigenvalue weighted by Gasteiger charge is -2.41. The number of methoxy groups -OCH3 is 1. The Kier molecular flexibility index (Phi) is 9.81. The number of nitrogens with zero attached hydrogens (tertiary/aromatic N) is 3. The second-order valence-electron chi connectivity index (χ2n) is 9.60. The van der Waals surface area contributed by atoms with E-state index >= 15 is 0 Å². The van der Waals surface area contributed by atoms with Crippen LogP contribution >= 0.6 is 0 Å². The smallest absolute Gasteiger partial charge is 0.270 e. The monoisotopic (exact) mass is 450 g/mol. The number of amides is 2. The van der Waals surface area contributed by atoms with Crippen LogP contribution in [-0.2, 0) is 19.1 Å². The van der Waals surface area contributed by atoms with Crippen LogP contribution in [0.1, 0.15) is 39.5 Å². The molecule has 0 bridgehead atoms. The molecule has 2 fully saturated rings. The summed E-state index contributed by atoms with van der Waals surface area (Å²) < 4.78 is 10.6. The minimum atomic E-state index is -0.0861. The molecule has 1 N–H and O–H groups in total. The van der Waals surface area contributed by atoms with E-state index in [-0.39, 0.29) is 23.8 Å². The average molecular weight is 451 g/mol. The molecule has 8 heteroatoms. The molecule has 3 aliphatic rings. The van der Waals surface area contributed by atoms with Crippen molar-refractivity contribution in [3.8, 4) is 0 Å². The summed E-state index contributed by atoms with van der Waals surface area (Å²) in [5, 5.41) is 3.44. The SMILES string of the molecule is COCCCCN1CCC=C1C(=O)N(CC(C)C)[C@@H]1CNC[C@H](C(=O)N2CCOCC2)C1. The van der Waals surface area contributed by atoms with Crippen molar-refractivity contribution in [2.24, 2.45) is 11.8 Å². The summed E-state index contributed by atoms with van der Waals surface area (Å²) in [6, 6.07) is 0.0329. The highest BCUT2D eigenvalue weighted by molar-refractivity contribution is 5.93. The summed E-state index contributed by atoms with van der Waals surface area (Å²) in [5.41, 5.74) is 0.838. The Morgan fingerprint density at radius 1 is 1.22 bits per heavy atom. The minimum absolute atomic E-state index is 0.0329. The third-order valence-corrected chi connectivity index (χ3v) is 6.59. The summed E-state index contributed by atoms with van der Waals surface area (Å²) >= 11 is 0. The Balaban J connectivity index is 1.65. The summed E-state index contributed by atoms with van der Waals surface area (Å²) in [4.78, 5) is 33.0. The van der Waals surface area contributed by atoms with Crippen LogP contribution in [0.2, 0.25) is 0 Å². The van der Waals surface area contributed by atoms with Gasteiger partial charge in [0.2, 0.25) is 5.91 Å². The summed E-state index contributed by atoms with van der Waals surface area (Å²) in [7, 11) is 1.73. The van der Waals surface area contributed by atoms with Crippen molar-refractivity contribution in [3.05, 3.63) is 11.8 Å². The number of rotatable bonds is 10. The van der Waals surface area contributed by atoms with E-state index in [0.29, 0.717) is 45.3 Å². The molecule has 0 radical (unpaired) electrons. The number of hydrogen-bond acceptors (Lipinski definition) is 6. The van der Waals surface area contributed by atoms with Gasteiger partial charge < -0.3 is 29.5 Å². The number of hydrogen-bond donors (Lipinski definition) is 1. The Hall–Kier alpha value is -1.64. The van der Waals surface area contributed by atoms with Crippen molar-refractivity contribution in [1.29, 1.82) is 0 Å². The molecule has 0 aromatic rings. The first kappa shape index (κ1) is 25.0. The second kappa shape index (κ2) is 12.6. The molecule has 32 heavy (non-hydrogen) atoms. The number of ether oxygens (including phenoxy) is 2. The highest BCUT2D eigenvalue weighted by atomic mass is 16.5. The zero-order chi connectivity index (χ0) is 22.9. The lowest BCUT2D eigenvalue weighted by Crippen LogP contribution is -2.56. The van der Waals surface area contributed by atoms with Gasteiger partial charge in [0.25, 0.3) is 5.91 Å². The molecule has 0 aliphatic carbocycles. The maximum atomic E-state index is 13.7. The van der Waals surface area contributed by atoms with Gasteiger partial charge in [-0.2, -0.15) is 0 Å². The standard InChI is InChI=1S/C24H42N4O4/c1-19(2)18-28(24(30)22-7-6-9-26(22)8-4-5-12-31-3)21-15-20(16-25-17-21)23(29)27-10-13-32-14-11-27/h7,19-21,25H,4-6,8-18H2,1-3H3/t20-,21+/m1/s1. The summed E-state index contributed by atoms with van der Waals surface area (Å²) in [6.07, 6.45) is 5.76. The first-order valence-electron chi connectivity index (χ1n) is 12.3. The van der Waals surface area contributed by atoms with Crippen LogP contribution in [0.4, 0.5) is 0 Å². The normalized spacial score (nSPS) is 24.1. The Morgan fingerprint density at radius 3 is 2.72 bits per heavy atom. The maximum absolute atomic E-state index is 13.7. The predicted octanol–water partition coefficient (Wildman–Crippen LogP) is 1.32. The van der Waals surface area contributed by atoms with E-state index in [1.54, 1.807) is 7.11 Å². The number of carbonyl (C=O) groups is 2. The van der Waals surface area contributed by atoms with E-state index in [0.717, 1.165) is 57.6 Å². The van der Waals surface area contributed by atoms with Gasteiger partial charge in [0.15, 0.2) is 0 Å². The van der Waals surface area contributed by atoms with Gasteiger partial charge in [-0.15, -0.1) is 0 Å². The van der Waals surface area contributed by atoms with Crippen molar-refractivity contribution < 1.29 is 19.1 Å². The molecule has 0 aromatic heterocycles. The Morgan fingerprint density at radius 2 is 2.00 bits per heavy atom. The van der Waals surface area contributed by atoms with Gasteiger partial charge in [-0.3, -0.25) is 9.59 Å². The highest BCUT2D eigenvalue weighted by Gasteiger charge is 2.37. The Bertz CT molecular complexity index is 648. The third kappa shape index (κ3) is 6.68. The lowest BCUT2D eigenvalue weighted by atomic mass is 9.92. The van der Waals surface area contributed by atoms with Crippen LogP contribution in [0, 0.1) is 11.8 Å². The zero-order valence-electron chi connectivity index (χ0n) is 20.2. The lowest BCUT2D eigenvalue weighted by molar-refractivity contribution is -0.142. The second-order valence-corrected chi connectivity index (χ2v) is 9.60.